The smallest absolute Gasteiger partial charge is 0.263 e. The Morgan fingerprint density at radius 2 is 1.75 bits per heavy atom. The number of pyridine rings is 2. The number of nitrogens with zero attached hydrogens (tertiary/aromatic N) is 9. The Labute approximate surface area is 412 Å². The maximum absolute atomic E-state index is 14.9. The van der Waals surface area contributed by atoms with Gasteiger partial charge in [-0.3, -0.25) is 43.9 Å². The van der Waals surface area contributed by atoms with Crippen LogP contribution in [0, 0.1) is 35.3 Å². The standard InChI is InChI=1S/C50H49F2N11O8S/c1-71-41-22-34(51)10-11-36(41)38-23-43(54-24-39(38)52)55-42-21-31(14-17-53-42)29-72(2,70)58-47(66)33-6-4-18-60(25-33)26-35-27-62(59-57-35)28-45(65)61-19-15-30(16-20-61)8-9-32-5-3-7-37-46(32)50(69)63(49(37)68)40-12-13-44(64)56-48(40)67/h3,5,7,10-11,14,17,21-24,27,30,33,40H,4,6,12-13,15-16,18-20,25-26,28-29H2,1-2H3,(H,53,54,55)(H,56,64,67). The highest BCUT2D eigenvalue weighted by atomic mass is 32.2. The number of rotatable bonds is 12. The fourth-order valence-corrected chi connectivity index (χ4v) is 10.8. The van der Waals surface area contributed by atoms with Crippen LogP contribution in [-0.4, -0.2) is 125 Å². The molecule has 0 saturated carbocycles. The maximum Gasteiger partial charge on any atom is 0.263 e. The monoisotopic (exact) mass is 1000 g/mol. The Morgan fingerprint density at radius 3 is 2.54 bits per heavy atom. The Balaban J connectivity index is 0.747. The third-order valence-electron chi connectivity index (χ3n) is 13.0. The molecular formula is C50H49F2N11O8S. The third kappa shape index (κ3) is 11.1. The van der Waals surface area contributed by atoms with Crippen molar-refractivity contribution >= 4 is 56.8 Å². The van der Waals surface area contributed by atoms with Gasteiger partial charge in [-0.05, 0) is 86.7 Å². The number of amides is 6. The number of likely N-dealkylation sites (tertiary alicyclic amines) is 2. The van der Waals surface area contributed by atoms with Crippen LogP contribution < -0.4 is 15.4 Å². The lowest BCUT2D eigenvalue weighted by Gasteiger charge is -2.30. The predicted molar refractivity (Wildman–Crippen MR) is 256 cm³/mol. The van der Waals surface area contributed by atoms with Crippen molar-refractivity contribution in [1.29, 1.82) is 0 Å². The molecule has 2 aromatic carbocycles. The average Bonchev–Trinajstić information content (AvgIpc) is 3.90. The molecular weight excluding hydrogens is 953 g/mol. The highest BCUT2D eigenvalue weighted by Gasteiger charge is 2.45. The first-order valence-electron chi connectivity index (χ1n) is 23.3. The molecule has 3 saturated heterocycles. The first-order valence-corrected chi connectivity index (χ1v) is 25.4. The van der Waals surface area contributed by atoms with Crippen LogP contribution in [0.2, 0.25) is 0 Å². The second-order valence-corrected chi connectivity index (χ2v) is 20.6. The van der Waals surface area contributed by atoms with Crippen LogP contribution in [0.4, 0.5) is 20.4 Å². The number of piperidine rings is 3. The molecule has 4 aliphatic rings. The summed E-state index contributed by atoms with van der Waals surface area (Å²) in [5.74, 6) is 2.35. The molecule has 0 spiro atoms. The molecule has 3 unspecified atom stereocenters. The Morgan fingerprint density at radius 1 is 0.944 bits per heavy atom. The number of carbonyl (C=O) groups excluding carboxylic acids is 6. The van der Waals surface area contributed by atoms with Crippen molar-refractivity contribution < 1.29 is 46.5 Å². The summed E-state index contributed by atoms with van der Waals surface area (Å²) in [7, 11) is -1.66. The molecule has 4 aliphatic heterocycles. The number of ether oxygens (including phenoxy) is 1. The number of hydrogen-bond donors (Lipinski definition) is 2. The van der Waals surface area contributed by atoms with Crippen LogP contribution in [0.3, 0.4) is 0 Å². The van der Waals surface area contributed by atoms with Crippen molar-refractivity contribution in [2.24, 2.45) is 16.2 Å². The van der Waals surface area contributed by atoms with Crippen LogP contribution in [0.5, 0.6) is 5.75 Å². The predicted octanol–water partition coefficient (Wildman–Crippen LogP) is 4.49. The lowest BCUT2D eigenvalue weighted by atomic mass is 9.96. The lowest BCUT2D eigenvalue weighted by Crippen LogP contribution is -2.54. The number of imide groups is 2. The number of methoxy groups -OCH3 is 1. The van der Waals surface area contributed by atoms with Crippen LogP contribution in [0.25, 0.3) is 11.1 Å². The minimum Gasteiger partial charge on any atom is -0.496 e. The third-order valence-corrected chi connectivity index (χ3v) is 14.4. The number of benzene rings is 2. The maximum atomic E-state index is 14.9. The summed E-state index contributed by atoms with van der Waals surface area (Å²) in [6.45, 7) is 2.36. The average molecular weight is 1000 g/mol. The molecule has 0 bridgehead atoms. The number of nitrogens with one attached hydrogen (secondary N) is 2. The summed E-state index contributed by atoms with van der Waals surface area (Å²) in [5.41, 5.74) is 2.36. The Kier molecular flexibility index (Phi) is 14.3. The Hall–Kier alpha value is -7.77. The number of halogens is 2. The van der Waals surface area contributed by atoms with E-state index in [-0.39, 0.29) is 65.2 Å². The van der Waals surface area contributed by atoms with E-state index in [2.05, 4.69) is 52.0 Å². The topological polar surface area (TPSA) is 231 Å². The zero-order chi connectivity index (χ0) is 50.7. The molecule has 0 radical (unpaired) electrons. The number of hydrogen-bond acceptors (Lipinski definition) is 14. The van der Waals surface area contributed by atoms with Crippen molar-refractivity contribution in [3.05, 3.63) is 113 Å². The summed E-state index contributed by atoms with van der Waals surface area (Å²) < 4.78 is 53.4. The quantitative estimate of drug-likeness (QED) is 0.130. The number of aromatic nitrogens is 5. The molecule has 22 heteroatoms. The fourth-order valence-electron chi connectivity index (χ4n) is 9.40. The molecule has 9 rings (SSSR count). The summed E-state index contributed by atoms with van der Waals surface area (Å²) in [4.78, 5) is 90.8. The molecule has 19 nitrogen and oxygen atoms in total. The molecule has 3 fully saturated rings. The van der Waals surface area contributed by atoms with Crippen molar-refractivity contribution in [3.8, 4) is 28.7 Å². The highest BCUT2D eigenvalue weighted by molar-refractivity contribution is 7.92. The molecule has 72 heavy (non-hydrogen) atoms. The second kappa shape index (κ2) is 20.9. The van der Waals surface area contributed by atoms with Crippen molar-refractivity contribution in [2.75, 3.05) is 44.9 Å². The van der Waals surface area contributed by atoms with E-state index in [0.29, 0.717) is 86.6 Å². The van der Waals surface area contributed by atoms with E-state index in [1.165, 1.54) is 48.5 Å². The zero-order valence-corrected chi connectivity index (χ0v) is 40.1. The molecule has 5 aromatic rings. The van der Waals surface area contributed by atoms with Gasteiger partial charge in [0.25, 0.3) is 17.7 Å². The van der Waals surface area contributed by atoms with Crippen molar-refractivity contribution in [1.82, 2.24) is 45.0 Å². The van der Waals surface area contributed by atoms with Gasteiger partial charge >= 0.3 is 0 Å². The summed E-state index contributed by atoms with van der Waals surface area (Å²) in [5, 5.41) is 13.7. The molecule has 6 amide bonds. The van der Waals surface area contributed by atoms with Crippen LogP contribution in [-0.2, 0) is 47.7 Å². The molecule has 2 N–H and O–H groups in total. The molecule has 7 heterocycles. The van der Waals surface area contributed by atoms with Gasteiger partial charge < -0.3 is 15.0 Å². The minimum atomic E-state index is -3.02. The van der Waals surface area contributed by atoms with E-state index in [4.69, 9.17) is 4.74 Å². The molecule has 372 valence electrons. The molecule has 3 aromatic heterocycles. The first kappa shape index (κ1) is 49.2. The number of carbonyl (C=O) groups is 6. The van der Waals surface area contributed by atoms with E-state index in [9.17, 15) is 41.8 Å². The van der Waals surface area contributed by atoms with E-state index in [1.54, 1.807) is 35.4 Å². The van der Waals surface area contributed by atoms with E-state index in [0.717, 1.165) is 17.2 Å². The normalized spacial score (nSPS) is 19.2. The van der Waals surface area contributed by atoms with Crippen LogP contribution in [0.1, 0.15) is 76.1 Å². The van der Waals surface area contributed by atoms with Gasteiger partial charge in [0.05, 0.1) is 57.7 Å². The van der Waals surface area contributed by atoms with Gasteiger partial charge in [-0.1, -0.05) is 23.1 Å². The lowest BCUT2D eigenvalue weighted by molar-refractivity contribution is -0.136. The van der Waals surface area contributed by atoms with Gasteiger partial charge in [-0.25, -0.2) is 27.6 Å². The largest absolute Gasteiger partial charge is 0.496 e. The summed E-state index contributed by atoms with van der Waals surface area (Å²) in [6, 6.07) is 12.3. The zero-order valence-electron chi connectivity index (χ0n) is 39.3. The first-order chi connectivity index (χ1) is 34.6. The van der Waals surface area contributed by atoms with Gasteiger partial charge in [-0.15, -0.1) is 5.10 Å². The second-order valence-electron chi connectivity index (χ2n) is 18.2. The SMILES string of the molecule is COc1cc(F)ccc1-c1cc(Nc2cc(CS(C)(=O)=NC(=O)C3CCCN(Cc4cn(CC(=O)N5CCC(C#Cc6cccc7c6C(=O)N(C6CCC(=O)NC6=O)C7=O)CC5)nn4)C3)ccn2)ncc1F. The summed E-state index contributed by atoms with van der Waals surface area (Å²) in [6.07, 6.45) is 8.25. The van der Waals surface area contributed by atoms with Gasteiger partial charge in [0.2, 0.25) is 17.7 Å². The van der Waals surface area contributed by atoms with Crippen LogP contribution >= 0.6 is 0 Å². The summed E-state index contributed by atoms with van der Waals surface area (Å²) >= 11 is 0. The van der Waals surface area contributed by atoms with Gasteiger partial charge in [0.1, 0.15) is 41.6 Å². The molecule has 0 aliphatic carbocycles. The fraction of sp³-hybridized carbons (Fsp3) is 0.360. The number of anilines is 2. The number of fused-ring (bicyclic) bond motifs is 1. The van der Waals surface area contributed by atoms with E-state index in [1.807, 2.05) is 0 Å². The van der Waals surface area contributed by atoms with Crippen molar-refractivity contribution in [2.45, 2.75) is 63.4 Å². The van der Waals surface area contributed by atoms with E-state index < -0.39 is 62.9 Å². The van der Waals surface area contributed by atoms with Crippen LogP contribution in [0.15, 0.2) is 77.6 Å². The molecule has 3 atom stereocenters. The Bertz CT molecular complexity index is 3210. The van der Waals surface area contributed by atoms with Gasteiger partial charge in [0.15, 0.2) is 0 Å². The van der Waals surface area contributed by atoms with Gasteiger partial charge in [-0.2, -0.15) is 4.36 Å². The van der Waals surface area contributed by atoms with E-state index >= 15 is 0 Å². The van der Waals surface area contributed by atoms with Crippen molar-refractivity contribution in [3.63, 3.8) is 0 Å². The highest BCUT2D eigenvalue weighted by Crippen LogP contribution is 2.34. The minimum absolute atomic E-state index is 0.0174. The van der Waals surface area contributed by atoms with Gasteiger partial charge in [0, 0.05) is 73.7 Å².